The van der Waals surface area contributed by atoms with Crippen molar-refractivity contribution < 1.29 is 19.5 Å². The number of primary amides is 1. The van der Waals surface area contributed by atoms with E-state index in [9.17, 15) is 19.5 Å². The minimum atomic E-state index is -1.95. The van der Waals surface area contributed by atoms with Gasteiger partial charge in [0.25, 0.3) is 5.91 Å². The smallest absolute Gasteiger partial charge is 0.320 e. The number of hydrogen-bond donors (Lipinski definition) is 4. The summed E-state index contributed by atoms with van der Waals surface area (Å²) >= 11 is 0. The highest BCUT2D eigenvalue weighted by Crippen LogP contribution is 2.42. The fourth-order valence-corrected chi connectivity index (χ4v) is 4.75. The summed E-state index contributed by atoms with van der Waals surface area (Å²) in [5, 5.41) is 17.7. The lowest BCUT2D eigenvalue weighted by molar-refractivity contribution is -0.146. The second-order valence-electron chi connectivity index (χ2n) is 8.69. The number of rotatable bonds is 7. The molecule has 0 radical (unpaired) electrons. The molecule has 1 aliphatic heterocycles. The molecule has 3 amide bonds. The van der Waals surface area contributed by atoms with Gasteiger partial charge in [0, 0.05) is 18.7 Å². The second kappa shape index (κ2) is 9.91. The number of nitrogen functional groups attached to an aromatic ring is 1. The molecule has 6 N–H and O–H groups in total. The van der Waals surface area contributed by atoms with Gasteiger partial charge in [0.05, 0.1) is 12.1 Å². The van der Waals surface area contributed by atoms with E-state index in [1.165, 1.54) is 24.3 Å². The molecular weight excluding hydrogens is 458 g/mol. The number of benzene rings is 3. The lowest BCUT2D eigenvalue weighted by Crippen LogP contribution is -2.60. The second-order valence-corrected chi connectivity index (χ2v) is 8.69. The van der Waals surface area contributed by atoms with E-state index >= 15 is 0 Å². The van der Waals surface area contributed by atoms with Crippen molar-refractivity contribution in [2.75, 3.05) is 11.4 Å². The molecule has 1 atom stereocenters. The first kappa shape index (κ1) is 24.5. The van der Waals surface area contributed by atoms with Gasteiger partial charge in [-0.25, -0.2) is 4.79 Å². The number of nitrogens with one attached hydrogen (secondary N) is 1. The number of carbonyl (C=O) groups is 3. The standard InChI is InChI=1S/C27H27N5O4/c28-24(29)19-10-12-21(13-11-19)27(16-23(33)34)25(35)31(15-14-18-6-2-1-3-7-18)17-20-8-4-5-9-22(20)32(27)26(30)36/h1-13H,14-17H2,(H3,28,29)(H2,30,36)(H,33,34). The van der Waals surface area contributed by atoms with Crippen molar-refractivity contribution in [1.82, 2.24) is 4.90 Å². The number of urea groups is 1. The van der Waals surface area contributed by atoms with Gasteiger partial charge in [-0.05, 0) is 29.2 Å². The highest BCUT2D eigenvalue weighted by Gasteiger charge is 2.54. The zero-order chi connectivity index (χ0) is 25.9. The number of amidine groups is 1. The highest BCUT2D eigenvalue weighted by atomic mass is 16.4. The van der Waals surface area contributed by atoms with Crippen LogP contribution in [0.4, 0.5) is 10.5 Å². The Morgan fingerprint density at radius 1 is 0.944 bits per heavy atom. The third kappa shape index (κ3) is 4.50. The van der Waals surface area contributed by atoms with Gasteiger partial charge in [-0.2, -0.15) is 0 Å². The molecule has 0 aromatic heterocycles. The average Bonchev–Trinajstić information content (AvgIpc) is 2.96. The SMILES string of the molecule is N=C(N)c1ccc(C2(CC(=O)O)C(=O)N(CCc3ccccc3)Cc3ccccc3N2C(N)=O)cc1. The molecule has 3 aromatic rings. The quantitative estimate of drug-likeness (QED) is 0.299. The van der Waals surface area contributed by atoms with E-state index in [1.807, 2.05) is 30.3 Å². The number of nitrogens with two attached hydrogens (primary N) is 2. The van der Waals surface area contributed by atoms with Gasteiger partial charge < -0.3 is 21.5 Å². The van der Waals surface area contributed by atoms with Crippen LogP contribution in [-0.2, 0) is 28.1 Å². The first-order valence-corrected chi connectivity index (χ1v) is 11.4. The van der Waals surface area contributed by atoms with Crippen LogP contribution in [0.3, 0.4) is 0 Å². The Labute approximate surface area is 208 Å². The van der Waals surface area contributed by atoms with Crippen LogP contribution in [0, 0.1) is 5.41 Å². The number of carboxylic acids is 1. The lowest BCUT2D eigenvalue weighted by atomic mass is 9.82. The van der Waals surface area contributed by atoms with E-state index in [4.69, 9.17) is 16.9 Å². The summed E-state index contributed by atoms with van der Waals surface area (Å²) < 4.78 is 0. The maximum atomic E-state index is 14.4. The van der Waals surface area contributed by atoms with Gasteiger partial charge in [-0.1, -0.05) is 72.8 Å². The van der Waals surface area contributed by atoms with Crippen LogP contribution in [0.5, 0.6) is 0 Å². The van der Waals surface area contributed by atoms with E-state index in [0.717, 1.165) is 10.5 Å². The number of nitrogens with zero attached hydrogens (tertiary/aromatic N) is 2. The third-order valence-electron chi connectivity index (χ3n) is 6.43. The molecule has 1 unspecified atom stereocenters. The van der Waals surface area contributed by atoms with Gasteiger partial charge in [0.2, 0.25) is 0 Å². The summed E-state index contributed by atoms with van der Waals surface area (Å²) in [4.78, 5) is 42.3. The zero-order valence-electron chi connectivity index (χ0n) is 19.6. The number of carboxylic acid groups (broad SMARTS) is 1. The summed E-state index contributed by atoms with van der Waals surface area (Å²) in [6.45, 7) is 0.481. The number of carbonyl (C=O) groups excluding carboxylic acids is 2. The molecule has 3 aromatic carbocycles. The van der Waals surface area contributed by atoms with Crippen LogP contribution in [0.2, 0.25) is 0 Å². The Morgan fingerprint density at radius 3 is 2.19 bits per heavy atom. The van der Waals surface area contributed by atoms with Gasteiger partial charge in [-0.3, -0.25) is 19.9 Å². The van der Waals surface area contributed by atoms with Crippen molar-refractivity contribution in [2.24, 2.45) is 11.5 Å². The monoisotopic (exact) mass is 485 g/mol. The van der Waals surface area contributed by atoms with Gasteiger partial charge in [0.1, 0.15) is 5.84 Å². The summed E-state index contributed by atoms with van der Waals surface area (Å²) in [6, 6.07) is 21.8. The molecule has 0 aliphatic carbocycles. The van der Waals surface area contributed by atoms with Crippen molar-refractivity contribution in [3.05, 3.63) is 101 Å². The van der Waals surface area contributed by atoms with Crippen molar-refractivity contribution in [3.63, 3.8) is 0 Å². The van der Waals surface area contributed by atoms with Crippen LogP contribution >= 0.6 is 0 Å². The van der Waals surface area contributed by atoms with Crippen molar-refractivity contribution in [1.29, 1.82) is 5.41 Å². The molecule has 184 valence electrons. The van der Waals surface area contributed by atoms with Crippen LogP contribution in [0.1, 0.15) is 28.7 Å². The highest BCUT2D eigenvalue weighted by molar-refractivity contribution is 6.06. The third-order valence-corrected chi connectivity index (χ3v) is 6.43. The predicted molar refractivity (Wildman–Crippen MR) is 135 cm³/mol. The normalized spacial score (nSPS) is 17.3. The molecule has 36 heavy (non-hydrogen) atoms. The Bertz CT molecular complexity index is 1310. The van der Waals surface area contributed by atoms with Crippen LogP contribution in [0.15, 0.2) is 78.9 Å². The number of fused-ring (bicyclic) bond motifs is 1. The van der Waals surface area contributed by atoms with Crippen molar-refractivity contribution in [3.8, 4) is 0 Å². The minimum Gasteiger partial charge on any atom is -0.481 e. The molecule has 0 saturated carbocycles. The number of amides is 3. The summed E-state index contributed by atoms with van der Waals surface area (Å²) in [7, 11) is 0. The number of para-hydroxylation sites is 1. The molecule has 4 rings (SSSR count). The van der Waals surface area contributed by atoms with Gasteiger partial charge >= 0.3 is 12.0 Å². The molecule has 0 bridgehead atoms. The Kier molecular flexibility index (Phi) is 6.73. The molecule has 1 aliphatic rings. The van der Waals surface area contributed by atoms with Crippen LogP contribution < -0.4 is 16.4 Å². The number of anilines is 1. The molecule has 0 spiro atoms. The molecular formula is C27H27N5O4. The van der Waals surface area contributed by atoms with Gasteiger partial charge in [0.15, 0.2) is 5.54 Å². The van der Waals surface area contributed by atoms with Gasteiger partial charge in [-0.15, -0.1) is 0 Å². The first-order chi connectivity index (χ1) is 17.2. The zero-order valence-corrected chi connectivity index (χ0v) is 19.6. The predicted octanol–water partition coefficient (Wildman–Crippen LogP) is 2.81. The van der Waals surface area contributed by atoms with E-state index in [1.54, 1.807) is 29.2 Å². The number of hydrogen-bond acceptors (Lipinski definition) is 4. The number of aliphatic carboxylic acids is 1. The maximum Gasteiger partial charge on any atom is 0.320 e. The van der Waals surface area contributed by atoms with E-state index in [0.29, 0.717) is 29.8 Å². The minimum absolute atomic E-state index is 0.178. The molecule has 9 nitrogen and oxygen atoms in total. The Hall–Kier alpha value is -4.66. The summed E-state index contributed by atoms with van der Waals surface area (Å²) in [5.41, 5.74) is 12.2. The van der Waals surface area contributed by atoms with Crippen LogP contribution in [0.25, 0.3) is 0 Å². The molecule has 1 heterocycles. The van der Waals surface area contributed by atoms with E-state index in [2.05, 4.69) is 0 Å². The fraction of sp³-hybridized carbons (Fsp3) is 0.185. The largest absolute Gasteiger partial charge is 0.481 e. The van der Waals surface area contributed by atoms with E-state index < -0.39 is 29.9 Å². The van der Waals surface area contributed by atoms with Crippen molar-refractivity contribution >= 4 is 29.4 Å². The summed E-state index contributed by atoms with van der Waals surface area (Å²) in [5.74, 6) is -2.00. The van der Waals surface area contributed by atoms with E-state index in [-0.39, 0.29) is 17.9 Å². The van der Waals surface area contributed by atoms with Crippen LogP contribution in [-0.4, -0.2) is 40.3 Å². The molecule has 0 fully saturated rings. The Balaban J connectivity index is 1.92. The fourth-order valence-electron chi connectivity index (χ4n) is 4.75. The Morgan fingerprint density at radius 2 is 1.58 bits per heavy atom. The maximum absolute atomic E-state index is 14.4. The average molecular weight is 486 g/mol. The summed E-state index contributed by atoms with van der Waals surface area (Å²) in [6.07, 6.45) is -0.165. The first-order valence-electron chi connectivity index (χ1n) is 11.4. The lowest BCUT2D eigenvalue weighted by Gasteiger charge is -2.41. The molecule has 9 heteroatoms. The topological polar surface area (TPSA) is 154 Å². The van der Waals surface area contributed by atoms with Crippen molar-refractivity contribution in [2.45, 2.75) is 24.9 Å². The molecule has 0 saturated heterocycles.